The second-order valence-corrected chi connectivity index (χ2v) is 8.91. The summed E-state index contributed by atoms with van der Waals surface area (Å²) in [5, 5.41) is 15.3. The lowest BCUT2D eigenvalue weighted by atomic mass is 9.81. The number of carbonyl (C=O) groups is 2. The molecule has 152 valence electrons. The van der Waals surface area contributed by atoms with Crippen molar-refractivity contribution in [2.24, 2.45) is 11.7 Å². The molecule has 2 aromatic rings. The number of aromatic nitrogens is 1. The first kappa shape index (κ1) is 19.8. The van der Waals surface area contributed by atoms with Gasteiger partial charge in [-0.1, -0.05) is 0 Å². The van der Waals surface area contributed by atoms with E-state index in [2.05, 4.69) is 16.4 Å². The van der Waals surface area contributed by atoms with Crippen molar-refractivity contribution in [3.05, 3.63) is 29.4 Å². The Morgan fingerprint density at radius 3 is 2.86 bits per heavy atom. The minimum absolute atomic E-state index is 0.0691. The first-order chi connectivity index (χ1) is 14.1. The molecule has 2 aliphatic rings. The fourth-order valence-corrected chi connectivity index (χ4v) is 5.17. The Bertz CT molecular complexity index is 944. The third-order valence-corrected chi connectivity index (χ3v) is 7.03. The molecule has 3 heterocycles. The van der Waals surface area contributed by atoms with Crippen LogP contribution in [-0.4, -0.2) is 46.4 Å². The summed E-state index contributed by atoms with van der Waals surface area (Å²) < 4.78 is 1.07. The van der Waals surface area contributed by atoms with Crippen LogP contribution >= 0.6 is 11.3 Å². The zero-order valence-corrected chi connectivity index (χ0v) is 17.0. The Morgan fingerprint density at radius 1 is 1.31 bits per heavy atom. The van der Waals surface area contributed by atoms with Crippen LogP contribution < -0.4 is 11.1 Å². The molecule has 0 spiro atoms. The van der Waals surface area contributed by atoms with Crippen LogP contribution in [0.1, 0.15) is 49.0 Å². The molecule has 1 aliphatic carbocycles. The van der Waals surface area contributed by atoms with Crippen molar-refractivity contribution in [1.29, 1.82) is 5.26 Å². The Kier molecular flexibility index (Phi) is 5.79. The summed E-state index contributed by atoms with van der Waals surface area (Å²) in [6, 6.07) is 5.18. The monoisotopic (exact) mass is 411 g/mol. The van der Waals surface area contributed by atoms with E-state index < -0.39 is 6.04 Å². The van der Waals surface area contributed by atoms with Gasteiger partial charge in [0.15, 0.2) is 0 Å². The third-order valence-electron chi connectivity index (χ3n) is 6.16. The molecule has 0 bridgehead atoms. The van der Waals surface area contributed by atoms with E-state index in [0.717, 1.165) is 48.6 Å². The van der Waals surface area contributed by atoms with E-state index in [-0.39, 0.29) is 29.8 Å². The lowest BCUT2D eigenvalue weighted by Gasteiger charge is -2.34. The number of nitriles is 1. The zero-order chi connectivity index (χ0) is 20.4. The van der Waals surface area contributed by atoms with Gasteiger partial charge >= 0.3 is 0 Å². The molecule has 2 aromatic heterocycles. The molecule has 1 saturated heterocycles. The Labute approximate surface area is 173 Å². The average molecular weight is 412 g/mol. The number of nitrogens with two attached hydrogens (primary N) is 1. The van der Waals surface area contributed by atoms with E-state index in [0.29, 0.717) is 12.2 Å². The lowest BCUT2D eigenvalue weighted by Crippen LogP contribution is -2.50. The number of carbonyl (C=O) groups excluding carboxylic acids is 2. The fourth-order valence-electron chi connectivity index (χ4n) is 4.43. The molecule has 2 atom stereocenters. The van der Waals surface area contributed by atoms with Gasteiger partial charge in [0.25, 0.3) is 5.91 Å². The Hall–Kier alpha value is -2.50. The van der Waals surface area contributed by atoms with Crippen molar-refractivity contribution in [1.82, 2.24) is 15.2 Å². The van der Waals surface area contributed by atoms with Gasteiger partial charge in [-0.3, -0.25) is 9.59 Å². The Morgan fingerprint density at radius 2 is 2.10 bits per heavy atom. The van der Waals surface area contributed by atoms with E-state index >= 15 is 0 Å². The van der Waals surface area contributed by atoms with Gasteiger partial charge in [-0.2, -0.15) is 5.26 Å². The molecule has 2 amide bonds. The summed E-state index contributed by atoms with van der Waals surface area (Å²) >= 11 is 1.60. The van der Waals surface area contributed by atoms with Gasteiger partial charge < -0.3 is 16.0 Å². The van der Waals surface area contributed by atoms with Crippen LogP contribution in [0.5, 0.6) is 0 Å². The highest BCUT2D eigenvalue weighted by molar-refractivity contribution is 7.17. The van der Waals surface area contributed by atoms with Gasteiger partial charge in [-0.05, 0) is 67.3 Å². The van der Waals surface area contributed by atoms with Crippen LogP contribution in [0.3, 0.4) is 0 Å². The molecule has 0 aromatic carbocycles. The standard InChI is InChI=1S/C21H25N5O2S/c22-11-16-2-1-8-26(16)21(28)19(23)13-3-5-15(6-4-13)25-20(27)17-10-14-7-9-29-18(14)12-24-17/h7,9-10,12-13,15-16,19H,1-6,8,23H2,(H,25,27)/t13?,15?,16-,19-/m0/s1. The molecule has 8 heteroatoms. The molecule has 29 heavy (non-hydrogen) atoms. The second kappa shape index (κ2) is 8.47. The van der Waals surface area contributed by atoms with Crippen LogP contribution in [0, 0.1) is 17.2 Å². The fraction of sp³-hybridized carbons (Fsp3) is 0.524. The van der Waals surface area contributed by atoms with E-state index in [1.807, 2.05) is 17.5 Å². The highest BCUT2D eigenvalue weighted by atomic mass is 32.1. The van der Waals surface area contributed by atoms with Crippen LogP contribution in [0.4, 0.5) is 0 Å². The minimum atomic E-state index is -0.566. The highest BCUT2D eigenvalue weighted by Crippen LogP contribution is 2.29. The summed E-state index contributed by atoms with van der Waals surface area (Å²) in [6.45, 7) is 0.623. The molecule has 1 saturated carbocycles. The normalized spacial score (nSPS) is 25.5. The predicted octanol–water partition coefficient (Wildman–Crippen LogP) is 2.43. The quantitative estimate of drug-likeness (QED) is 0.802. The molecular formula is C21H25N5O2S. The van der Waals surface area contributed by atoms with Gasteiger partial charge in [0.2, 0.25) is 5.91 Å². The number of rotatable bonds is 4. The first-order valence-electron chi connectivity index (χ1n) is 10.2. The smallest absolute Gasteiger partial charge is 0.270 e. The number of nitrogens with one attached hydrogen (secondary N) is 1. The van der Waals surface area contributed by atoms with Crippen LogP contribution in [0.15, 0.2) is 23.7 Å². The number of thiophene rings is 1. The van der Waals surface area contributed by atoms with Gasteiger partial charge in [-0.15, -0.1) is 11.3 Å². The lowest BCUT2D eigenvalue weighted by molar-refractivity contribution is -0.134. The number of nitrogens with zero attached hydrogens (tertiary/aromatic N) is 3. The molecule has 0 radical (unpaired) electrons. The third kappa shape index (κ3) is 4.11. The zero-order valence-electron chi connectivity index (χ0n) is 16.2. The van der Waals surface area contributed by atoms with Gasteiger partial charge in [0.05, 0.1) is 16.8 Å². The number of pyridine rings is 1. The summed E-state index contributed by atoms with van der Waals surface area (Å²) in [4.78, 5) is 31.2. The van der Waals surface area contributed by atoms with Crippen molar-refractivity contribution >= 4 is 33.2 Å². The highest BCUT2D eigenvalue weighted by Gasteiger charge is 2.36. The number of hydrogen-bond donors (Lipinski definition) is 2. The van der Waals surface area contributed by atoms with Crippen molar-refractivity contribution in [3.63, 3.8) is 0 Å². The van der Waals surface area contributed by atoms with Crippen LogP contribution in [0.25, 0.3) is 10.1 Å². The maximum atomic E-state index is 12.7. The number of hydrogen-bond acceptors (Lipinski definition) is 6. The average Bonchev–Trinajstić information content (AvgIpc) is 3.41. The summed E-state index contributed by atoms with van der Waals surface area (Å²) in [6.07, 6.45) is 6.50. The maximum absolute atomic E-state index is 12.7. The number of fused-ring (bicyclic) bond motifs is 1. The molecule has 1 aliphatic heterocycles. The summed E-state index contributed by atoms with van der Waals surface area (Å²) in [5.74, 6) is -0.165. The molecule has 3 N–H and O–H groups in total. The van der Waals surface area contributed by atoms with E-state index in [4.69, 9.17) is 5.73 Å². The molecule has 4 rings (SSSR count). The predicted molar refractivity (Wildman–Crippen MR) is 111 cm³/mol. The van der Waals surface area contributed by atoms with Gasteiger partial charge in [0.1, 0.15) is 11.7 Å². The van der Waals surface area contributed by atoms with E-state index in [9.17, 15) is 14.9 Å². The second-order valence-electron chi connectivity index (χ2n) is 7.96. The van der Waals surface area contributed by atoms with Gasteiger partial charge in [-0.25, -0.2) is 4.98 Å². The summed E-state index contributed by atoms with van der Waals surface area (Å²) in [7, 11) is 0. The molecule has 7 nitrogen and oxygen atoms in total. The molecule has 2 fully saturated rings. The largest absolute Gasteiger partial charge is 0.348 e. The number of likely N-dealkylation sites (tertiary alicyclic amines) is 1. The summed E-state index contributed by atoms with van der Waals surface area (Å²) in [5.41, 5.74) is 6.70. The van der Waals surface area contributed by atoms with Gasteiger partial charge in [0, 0.05) is 18.8 Å². The van der Waals surface area contributed by atoms with Crippen LogP contribution in [-0.2, 0) is 4.79 Å². The van der Waals surface area contributed by atoms with Crippen molar-refractivity contribution in [3.8, 4) is 6.07 Å². The molecule has 0 unspecified atom stereocenters. The van der Waals surface area contributed by atoms with E-state index in [1.165, 1.54) is 0 Å². The first-order valence-corrected chi connectivity index (χ1v) is 11.0. The molecular weight excluding hydrogens is 386 g/mol. The number of amides is 2. The Balaban J connectivity index is 1.30. The van der Waals surface area contributed by atoms with Crippen molar-refractivity contribution in [2.75, 3.05) is 6.54 Å². The van der Waals surface area contributed by atoms with Crippen molar-refractivity contribution < 1.29 is 9.59 Å². The van der Waals surface area contributed by atoms with E-state index in [1.54, 1.807) is 22.4 Å². The topological polar surface area (TPSA) is 112 Å². The van der Waals surface area contributed by atoms with Crippen LogP contribution in [0.2, 0.25) is 0 Å². The van der Waals surface area contributed by atoms with Crippen molar-refractivity contribution in [2.45, 2.75) is 56.7 Å². The minimum Gasteiger partial charge on any atom is -0.348 e. The maximum Gasteiger partial charge on any atom is 0.270 e. The SMILES string of the molecule is N#C[C@@H]1CCCN1C(=O)[C@@H](N)C1CCC(NC(=O)c2cc3ccsc3cn2)CC1.